The molecule has 1 aliphatic heterocycles. The predicted molar refractivity (Wildman–Crippen MR) is 22.5 cm³/mol. The first-order chi connectivity index (χ1) is 4.01. The Hall–Kier alpha value is -0.860. The topological polar surface area (TPSA) is 98.9 Å². The zero-order chi connectivity index (χ0) is 7.07. The van der Waals surface area contributed by atoms with Gasteiger partial charge >= 0.3 is 16.4 Å². The van der Waals surface area contributed by atoms with E-state index < -0.39 is 16.4 Å². The number of urea groups is 1. The van der Waals surface area contributed by atoms with Gasteiger partial charge in [-0.2, -0.15) is 8.42 Å². The standard InChI is InChI=1S/CH2N2O5S/c2-1(4)3-7-9(5,6)8-3/h(H2,2,4). The van der Waals surface area contributed by atoms with Crippen LogP contribution in [0.3, 0.4) is 0 Å². The van der Waals surface area contributed by atoms with Crippen molar-refractivity contribution in [2.24, 2.45) is 5.73 Å². The smallest absolute Gasteiger partial charge is 0.348 e. The minimum absolute atomic E-state index is 0.0509. The molecular formula is CH2N2O5S. The zero-order valence-corrected chi connectivity index (χ0v) is 4.79. The maximum atomic E-state index is 9.91. The first kappa shape index (κ1) is 6.26. The molecule has 9 heavy (non-hydrogen) atoms. The molecule has 0 atom stereocenters. The summed E-state index contributed by atoms with van der Waals surface area (Å²) in [4.78, 5) is 9.90. The average molecular weight is 154 g/mol. The number of rotatable bonds is 0. The molecule has 0 aromatic carbocycles. The van der Waals surface area contributed by atoms with Crippen molar-refractivity contribution in [3.8, 4) is 0 Å². The lowest BCUT2D eigenvalue weighted by molar-refractivity contribution is -0.278. The molecule has 0 spiro atoms. The highest BCUT2D eigenvalue weighted by molar-refractivity contribution is 7.82. The van der Waals surface area contributed by atoms with Gasteiger partial charge in [0.05, 0.1) is 0 Å². The van der Waals surface area contributed by atoms with Gasteiger partial charge in [0.1, 0.15) is 0 Å². The highest BCUT2D eigenvalue weighted by atomic mass is 32.3. The molecule has 2 N–H and O–H groups in total. The first-order valence-corrected chi connectivity index (χ1v) is 3.08. The summed E-state index contributed by atoms with van der Waals surface area (Å²) in [5.74, 6) is 0. The number of hydrogen-bond acceptors (Lipinski definition) is 5. The zero-order valence-electron chi connectivity index (χ0n) is 3.97. The lowest BCUT2D eigenvalue weighted by Crippen LogP contribution is -2.48. The molecule has 1 aliphatic rings. The summed E-state index contributed by atoms with van der Waals surface area (Å²) in [5.41, 5.74) is 4.49. The SMILES string of the molecule is NC(=O)N1OS(=O)(=O)O1. The van der Waals surface area contributed by atoms with Gasteiger partial charge in [0, 0.05) is 0 Å². The molecule has 0 aliphatic carbocycles. The largest absolute Gasteiger partial charge is 0.446 e. The summed E-state index contributed by atoms with van der Waals surface area (Å²) >= 11 is 0. The van der Waals surface area contributed by atoms with E-state index in [1.54, 1.807) is 0 Å². The second-order valence-electron chi connectivity index (χ2n) is 1.15. The van der Waals surface area contributed by atoms with Crippen LogP contribution in [0.1, 0.15) is 0 Å². The van der Waals surface area contributed by atoms with E-state index in [-0.39, 0.29) is 5.23 Å². The van der Waals surface area contributed by atoms with Gasteiger partial charge in [-0.3, -0.25) is 0 Å². The number of hydroxylamine groups is 2. The molecule has 0 bridgehead atoms. The van der Waals surface area contributed by atoms with Gasteiger partial charge < -0.3 is 5.73 Å². The van der Waals surface area contributed by atoms with Gasteiger partial charge in [-0.25, -0.2) is 4.79 Å². The number of primary amides is 1. The Bertz CT molecular complexity index is 217. The molecule has 1 heterocycles. The molecule has 1 rings (SSSR count). The number of carbonyl (C=O) groups is 1. The molecule has 0 radical (unpaired) electrons. The van der Waals surface area contributed by atoms with Crippen LogP contribution in [0.15, 0.2) is 0 Å². The van der Waals surface area contributed by atoms with Gasteiger partial charge in [0.2, 0.25) is 0 Å². The number of hydrogen-bond donors (Lipinski definition) is 1. The Morgan fingerprint density at radius 2 is 1.89 bits per heavy atom. The van der Waals surface area contributed by atoms with Crippen molar-refractivity contribution in [2.45, 2.75) is 0 Å². The average Bonchev–Trinajstić information content (AvgIpc) is 1.59. The van der Waals surface area contributed by atoms with Crippen LogP contribution in [-0.4, -0.2) is 19.7 Å². The fraction of sp³-hybridized carbons (Fsp3) is 0. The van der Waals surface area contributed by atoms with Crippen LogP contribution in [0, 0.1) is 0 Å². The lowest BCUT2D eigenvalue weighted by Gasteiger charge is -2.22. The monoisotopic (exact) mass is 154 g/mol. The maximum Gasteiger partial charge on any atom is 0.446 e. The van der Waals surface area contributed by atoms with Gasteiger partial charge in [-0.15, -0.1) is 0 Å². The van der Waals surface area contributed by atoms with Crippen LogP contribution in [0.2, 0.25) is 0 Å². The van der Waals surface area contributed by atoms with Crippen molar-refractivity contribution < 1.29 is 21.8 Å². The van der Waals surface area contributed by atoms with Crippen molar-refractivity contribution >= 4 is 16.4 Å². The highest BCUT2D eigenvalue weighted by Gasteiger charge is 2.38. The van der Waals surface area contributed by atoms with E-state index in [0.717, 1.165) is 0 Å². The lowest BCUT2D eigenvalue weighted by atomic mass is 11.1. The van der Waals surface area contributed by atoms with E-state index >= 15 is 0 Å². The summed E-state index contributed by atoms with van der Waals surface area (Å²) < 4.78 is 27.2. The Morgan fingerprint density at radius 3 is 2.00 bits per heavy atom. The van der Waals surface area contributed by atoms with Gasteiger partial charge in [-0.1, -0.05) is 8.57 Å². The van der Waals surface area contributed by atoms with Gasteiger partial charge in [-0.05, 0) is 5.23 Å². The van der Waals surface area contributed by atoms with E-state index in [0.29, 0.717) is 0 Å². The van der Waals surface area contributed by atoms with Crippen molar-refractivity contribution in [3.05, 3.63) is 0 Å². The summed E-state index contributed by atoms with van der Waals surface area (Å²) in [7, 11) is -3.95. The third-order valence-electron chi connectivity index (χ3n) is 0.498. The molecule has 0 aromatic rings. The fourth-order valence-corrected chi connectivity index (χ4v) is 0.735. The molecule has 52 valence electrons. The van der Waals surface area contributed by atoms with E-state index in [1.807, 2.05) is 0 Å². The van der Waals surface area contributed by atoms with E-state index in [2.05, 4.69) is 14.3 Å². The maximum absolute atomic E-state index is 9.91. The third-order valence-corrected chi connectivity index (χ3v) is 1.13. The van der Waals surface area contributed by atoms with Crippen molar-refractivity contribution in [1.29, 1.82) is 0 Å². The van der Waals surface area contributed by atoms with Crippen LogP contribution in [-0.2, 0) is 19.0 Å². The summed E-state index contributed by atoms with van der Waals surface area (Å²) in [6, 6.07) is -1.12. The second kappa shape index (κ2) is 1.56. The number of amides is 2. The second-order valence-corrected chi connectivity index (χ2v) is 2.27. The van der Waals surface area contributed by atoms with Crippen molar-refractivity contribution in [1.82, 2.24) is 5.23 Å². The number of nitrogens with two attached hydrogens (primary N) is 1. The quantitative estimate of drug-likeness (QED) is 0.457. The van der Waals surface area contributed by atoms with Crippen LogP contribution in [0.4, 0.5) is 4.79 Å². The molecule has 1 fully saturated rings. The minimum atomic E-state index is -3.95. The molecule has 7 nitrogen and oxygen atoms in total. The third kappa shape index (κ3) is 1.09. The van der Waals surface area contributed by atoms with Gasteiger partial charge in [0.15, 0.2) is 0 Å². The van der Waals surface area contributed by atoms with E-state index in [4.69, 9.17) is 0 Å². The first-order valence-electron chi connectivity index (χ1n) is 1.75. The van der Waals surface area contributed by atoms with Crippen LogP contribution in [0.25, 0.3) is 0 Å². The summed E-state index contributed by atoms with van der Waals surface area (Å²) in [6.45, 7) is 0. The fourth-order valence-electron chi connectivity index (χ4n) is 0.245. The number of nitrogens with zero attached hydrogens (tertiary/aromatic N) is 1. The Balaban J connectivity index is 2.55. The molecule has 2 amide bonds. The van der Waals surface area contributed by atoms with Gasteiger partial charge in [0.25, 0.3) is 0 Å². The van der Waals surface area contributed by atoms with Crippen molar-refractivity contribution in [2.75, 3.05) is 0 Å². The Kier molecular flexibility index (Phi) is 1.08. The van der Waals surface area contributed by atoms with Crippen LogP contribution in [0.5, 0.6) is 0 Å². The van der Waals surface area contributed by atoms with E-state index in [1.165, 1.54) is 0 Å². The Morgan fingerprint density at radius 1 is 1.44 bits per heavy atom. The molecular weight excluding hydrogens is 152 g/mol. The molecule has 0 unspecified atom stereocenters. The Labute approximate surface area is 50.2 Å². The predicted octanol–water partition coefficient (Wildman–Crippen LogP) is -1.51. The summed E-state index contributed by atoms with van der Waals surface area (Å²) in [5, 5.41) is 0.0509. The van der Waals surface area contributed by atoms with Crippen LogP contribution < -0.4 is 5.73 Å². The van der Waals surface area contributed by atoms with Crippen LogP contribution >= 0.6 is 0 Å². The highest BCUT2D eigenvalue weighted by Crippen LogP contribution is 2.14. The van der Waals surface area contributed by atoms with Crippen molar-refractivity contribution in [3.63, 3.8) is 0 Å². The number of carbonyl (C=O) groups excluding carboxylic acids is 1. The normalized spacial score (nSPS) is 22.9. The minimum Gasteiger partial charge on any atom is -0.348 e. The molecule has 1 saturated heterocycles. The summed E-state index contributed by atoms with van der Waals surface area (Å²) in [6.07, 6.45) is 0. The molecule has 0 aromatic heterocycles. The molecule has 8 heteroatoms. The van der Waals surface area contributed by atoms with E-state index in [9.17, 15) is 13.2 Å². The molecule has 0 saturated carbocycles.